The van der Waals surface area contributed by atoms with Gasteiger partial charge in [0.15, 0.2) is 0 Å². The SMILES string of the molecule is CCCCCCCCCCCCOc1c2c(c(SN=O)c3c1C1c4c(CC)c(CC)c(CC)c(CC)c4C3c3c(CC)c(CC)c(CC)c(CC)c31)C1c3c(CC)c(CC)c(CC)c(CC)c3C2c2c(CC)c(CC)c(CC)c(CC)c21. The summed E-state index contributed by atoms with van der Waals surface area (Å²) in [5.74, 6) is 1.13. The normalized spacial score (nSPS) is 16.8. The predicted molar refractivity (Wildman–Crippen MR) is 355 cm³/mol. The summed E-state index contributed by atoms with van der Waals surface area (Å²) >= 11 is 1.31. The Balaban J connectivity index is 1.51. The molecule has 444 valence electrons. The lowest BCUT2D eigenvalue weighted by Crippen LogP contribution is -2.39. The van der Waals surface area contributed by atoms with E-state index in [1.807, 2.05) is 0 Å². The van der Waals surface area contributed by atoms with Gasteiger partial charge in [-0.05, 0) is 254 Å². The summed E-state index contributed by atoms with van der Waals surface area (Å²) in [5.41, 5.74) is 43.8. The average Bonchev–Trinajstić information content (AvgIpc) is 2.26. The van der Waals surface area contributed by atoms with Crippen molar-refractivity contribution in [2.24, 2.45) is 4.58 Å². The van der Waals surface area contributed by atoms with E-state index >= 15 is 0 Å². The Hall–Kier alpha value is -4.15. The highest BCUT2D eigenvalue weighted by Crippen LogP contribution is 2.71. The third-order valence-electron chi connectivity index (χ3n) is 21.7. The fourth-order valence-corrected chi connectivity index (χ4v) is 19.8. The Morgan fingerprint density at radius 3 is 0.683 bits per heavy atom. The van der Waals surface area contributed by atoms with Gasteiger partial charge in [0.05, 0.1) is 18.6 Å². The topological polar surface area (TPSA) is 38.7 Å². The molecule has 0 saturated heterocycles. The maximum Gasteiger partial charge on any atom is 0.128 e. The summed E-state index contributed by atoms with van der Waals surface area (Å²) in [6, 6.07) is 0. The zero-order chi connectivity index (χ0) is 58.8. The fraction of sp³-hybridized carbons (Fsp3) is 0.615. The van der Waals surface area contributed by atoms with E-state index in [9.17, 15) is 4.91 Å². The van der Waals surface area contributed by atoms with Crippen LogP contribution in [-0.4, -0.2) is 6.61 Å². The molecule has 0 spiro atoms. The molecule has 0 heterocycles. The smallest absolute Gasteiger partial charge is 0.128 e. The molecule has 0 atom stereocenters. The fourth-order valence-electron chi connectivity index (χ4n) is 19.1. The average molecular weight is 1120 g/mol. The largest absolute Gasteiger partial charge is 0.493 e. The monoisotopic (exact) mass is 1120 g/mol. The quantitative estimate of drug-likeness (QED) is 0.0256. The number of unbranched alkanes of at least 4 members (excludes halogenated alkanes) is 9. The Bertz CT molecular complexity index is 2850. The minimum absolute atomic E-state index is 0.00708. The Kier molecular flexibility index (Phi) is 20.6. The van der Waals surface area contributed by atoms with Crippen LogP contribution in [0.3, 0.4) is 0 Å². The second-order valence-electron chi connectivity index (χ2n) is 24.9. The first-order valence-corrected chi connectivity index (χ1v) is 35.5. The number of benzene rings is 5. The van der Waals surface area contributed by atoms with Crippen molar-refractivity contribution in [1.29, 1.82) is 0 Å². The molecule has 0 fully saturated rings. The number of hydrogen-bond acceptors (Lipinski definition) is 4. The molecule has 4 heteroatoms. The zero-order valence-corrected chi connectivity index (χ0v) is 55.9. The summed E-state index contributed by atoms with van der Waals surface area (Å²) in [4.78, 5) is 15.3. The summed E-state index contributed by atoms with van der Waals surface area (Å²) in [5, 5.41) is 0. The van der Waals surface area contributed by atoms with Crippen molar-refractivity contribution in [2.45, 2.75) is 313 Å². The van der Waals surface area contributed by atoms with Gasteiger partial charge in [0.1, 0.15) is 5.75 Å². The van der Waals surface area contributed by atoms with Gasteiger partial charge in [0.2, 0.25) is 0 Å². The number of hydrogen-bond donors (Lipinski definition) is 0. The highest BCUT2D eigenvalue weighted by molar-refractivity contribution is 7.98. The van der Waals surface area contributed by atoms with Crippen LogP contribution in [0, 0.1) is 4.91 Å². The molecular weight excluding hydrogens is 1010 g/mol. The lowest BCUT2D eigenvalue weighted by molar-refractivity contribution is 0.294. The van der Waals surface area contributed by atoms with E-state index in [2.05, 4.69) is 122 Å². The Morgan fingerprint density at radius 2 is 0.476 bits per heavy atom. The van der Waals surface area contributed by atoms with Gasteiger partial charge in [-0.3, -0.25) is 0 Å². The minimum Gasteiger partial charge on any atom is -0.493 e. The standard InChI is InChI=1S/C78H109NO2S/c1-18-35-36-37-38-39-40-41-42-43-44-81-77-73-69-61-53(27-10)45(19-2)49(23-6)57(31-14)65(61)71(66-58(32-15)50(24-7)46(20-3)54(28-11)62(66)69)75(73)78(82-79-80)76-72-67-59(33-16)51(25-8)47(21-4)55(29-12)63(67)70(74(76)77)64-56(30-13)48(22-5)52(26-9)60(34-17)68(64)72/h69-72H,18-44H2,1-17H3. The van der Waals surface area contributed by atoms with E-state index in [1.165, 1.54) is 103 Å². The molecule has 0 saturated carbocycles. The maximum absolute atomic E-state index is 14.1. The molecule has 5 aromatic rings. The molecule has 6 aliphatic carbocycles. The van der Waals surface area contributed by atoms with Gasteiger partial charge in [0, 0.05) is 44.3 Å². The third-order valence-corrected chi connectivity index (χ3v) is 22.4. The summed E-state index contributed by atoms with van der Waals surface area (Å²) in [6.07, 6.45) is 29.2. The molecule has 11 rings (SSSR count). The molecule has 3 nitrogen and oxygen atoms in total. The molecule has 0 amide bonds. The van der Waals surface area contributed by atoms with Crippen LogP contribution in [0.5, 0.6) is 5.75 Å². The molecule has 4 bridgehead atoms. The first kappa shape index (κ1) is 62.4. The molecule has 0 radical (unpaired) electrons. The summed E-state index contributed by atoms with van der Waals surface area (Å²) in [6.45, 7) is 42.1. The van der Waals surface area contributed by atoms with Crippen molar-refractivity contribution < 1.29 is 4.74 Å². The van der Waals surface area contributed by atoms with Crippen LogP contribution in [0.4, 0.5) is 0 Å². The van der Waals surface area contributed by atoms with Crippen LogP contribution in [0.1, 0.15) is 361 Å². The summed E-state index contributed by atoms with van der Waals surface area (Å²) in [7, 11) is 0. The van der Waals surface area contributed by atoms with Gasteiger partial charge in [-0.1, -0.05) is 175 Å². The molecule has 0 N–H and O–H groups in total. The van der Waals surface area contributed by atoms with Crippen LogP contribution < -0.4 is 4.74 Å². The Morgan fingerprint density at radius 1 is 0.268 bits per heavy atom. The van der Waals surface area contributed by atoms with E-state index in [0.29, 0.717) is 6.61 Å². The zero-order valence-electron chi connectivity index (χ0n) is 55.1. The van der Waals surface area contributed by atoms with Crippen LogP contribution in [0.2, 0.25) is 0 Å². The molecule has 0 unspecified atom stereocenters. The van der Waals surface area contributed by atoms with E-state index in [4.69, 9.17) is 4.74 Å². The van der Waals surface area contributed by atoms with E-state index in [-0.39, 0.29) is 23.7 Å². The van der Waals surface area contributed by atoms with E-state index in [0.717, 1.165) is 109 Å². The van der Waals surface area contributed by atoms with Crippen molar-refractivity contribution in [3.8, 4) is 5.75 Å². The summed E-state index contributed by atoms with van der Waals surface area (Å²) < 4.78 is 12.3. The Labute approximate surface area is 504 Å². The molecule has 0 aliphatic heterocycles. The van der Waals surface area contributed by atoms with E-state index < -0.39 is 0 Å². The van der Waals surface area contributed by atoms with Gasteiger partial charge >= 0.3 is 0 Å². The van der Waals surface area contributed by atoms with E-state index in [1.54, 1.807) is 134 Å². The lowest BCUT2D eigenvalue weighted by atomic mass is 9.51. The third kappa shape index (κ3) is 9.47. The lowest BCUT2D eigenvalue weighted by Gasteiger charge is -2.53. The number of nitrogens with zero attached hydrogens (tertiary/aromatic N) is 1. The first-order valence-electron chi connectivity index (χ1n) is 34.7. The second-order valence-corrected chi connectivity index (χ2v) is 25.6. The molecular formula is C78H109NO2S. The van der Waals surface area contributed by atoms with Gasteiger partial charge < -0.3 is 4.74 Å². The highest BCUT2D eigenvalue weighted by Gasteiger charge is 2.56. The van der Waals surface area contributed by atoms with Crippen LogP contribution in [-0.2, 0) is 103 Å². The van der Waals surface area contributed by atoms with Gasteiger partial charge in [-0.25, -0.2) is 0 Å². The minimum atomic E-state index is -0.0254. The molecule has 82 heavy (non-hydrogen) atoms. The number of ether oxygens (including phenoxy) is 1. The van der Waals surface area contributed by atoms with Gasteiger partial charge in [-0.15, -0.1) is 4.91 Å². The number of rotatable bonds is 30. The highest BCUT2D eigenvalue weighted by atomic mass is 32.2. The van der Waals surface area contributed by atoms with Gasteiger partial charge in [-0.2, -0.15) is 0 Å². The molecule has 0 aromatic heterocycles. The maximum atomic E-state index is 14.1. The van der Waals surface area contributed by atoms with Crippen LogP contribution >= 0.6 is 11.9 Å². The molecule has 6 aliphatic rings. The second kappa shape index (κ2) is 27.0. The van der Waals surface area contributed by atoms with Crippen molar-refractivity contribution >= 4 is 11.9 Å². The number of nitroso groups, excluding NO2 is 1. The van der Waals surface area contributed by atoms with Crippen molar-refractivity contribution in [3.05, 3.63) is 161 Å². The molecule has 5 aromatic carbocycles. The predicted octanol–water partition coefficient (Wildman–Crippen LogP) is 21.7. The van der Waals surface area contributed by atoms with Gasteiger partial charge in [0.25, 0.3) is 0 Å². The van der Waals surface area contributed by atoms with Crippen molar-refractivity contribution in [1.82, 2.24) is 0 Å². The first-order chi connectivity index (χ1) is 40.1. The van der Waals surface area contributed by atoms with Crippen molar-refractivity contribution in [3.63, 3.8) is 0 Å². The van der Waals surface area contributed by atoms with Crippen molar-refractivity contribution in [2.75, 3.05) is 6.61 Å². The van der Waals surface area contributed by atoms with Crippen LogP contribution in [0.25, 0.3) is 0 Å². The van der Waals surface area contributed by atoms with Crippen LogP contribution in [0.15, 0.2) is 9.48 Å².